The van der Waals surface area contributed by atoms with Gasteiger partial charge in [-0.3, -0.25) is 4.98 Å². The number of nitrogens with zero attached hydrogens (tertiary/aromatic N) is 4. The normalized spacial score (nSPS) is 11.2. The highest BCUT2D eigenvalue weighted by Crippen LogP contribution is 2.35. The van der Waals surface area contributed by atoms with Crippen LogP contribution in [0.25, 0.3) is 6.08 Å². The molecule has 7 heteroatoms. The Labute approximate surface area is 188 Å². The molecule has 0 aliphatic rings. The average Bonchev–Trinajstić information content (AvgIpc) is 2.74. The van der Waals surface area contributed by atoms with Crippen molar-refractivity contribution in [1.29, 1.82) is 10.5 Å². The minimum atomic E-state index is -3.65. The van der Waals surface area contributed by atoms with Crippen molar-refractivity contribution in [2.24, 2.45) is 0 Å². The van der Waals surface area contributed by atoms with Crippen LogP contribution in [0.1, 0.15) is 33.5 Å². The number of benzene rings is 2. The van der Waals surface area contributed by atoms with Crippen LogP contribution in [0.5, 0.6) is 0 Å². The van der Waals surface area contributed by atoms with Gasteiger partial charge in [-0.2, -0.15) is 10.5 Å². The fraction of sp³-hybridized carbons (Fsp3) is 0.160. The van der Waals surface area contributed by atoms with Crippen LogP contribution < -0.4 is 4.31 Å². The van der Waals surface area contributed by atoms with E-state index in [9.17, 15) is 8.42 Å². The highest BCUT2D eigenvalue weighted by molar-refractivity contribution is 7.92. The molecule has 0 unspecified atom stereocenters. The van der Waals surface area contributed by atoms with Gasteiger partial charge in [-0.05, 0) is 78.6 Å². The molecular formula is C25H22N4O2S. The maximum Gasteiger partial charge on any atom is 0.236 e. The monoisotopic (exact) mass is 442 g/mol. The number of anilines is 2. The SMILES string of the molecule is Cc1cc(/C=C/C#N)cc(C)c1N(c1ccnc(Cc2ccc(C#N)cc2)c1)S(C)(=O)=O. The summed E-state index contributed by atoms with van der Waals surface area (Å²) in [5, 5.41) is 17.7. The van der Waals surface area contributed by atoms with Crippen LogP contribution in [-0.2, 0) is 16.4 Å². The summed E-state index contributed by atoms with van der Waals surface area (Å²) in [6, 6.07) is 18.4. The van der Waals surface area contributed by atoms with Crippen molar-refractivity contribution in [1.82, 2.24) is 4.98 Å². The molecule has 3 rings (SSSR count). The number of sulfonamides is 1. The molecule has 0 amide bonds. The van der Waals surface area contributed by atoms with Crippen LogP contribution in [0.4, 0.5) is 11.4 Å². The lowest BCUT2D eigenvalue weighted by molar-refractivity contribution is 0.602. The molecule has 0 aliphatic carbocycles. The molecular weight excluding hydrogens is 420 g/mol. The Morgan fingerprint density at radius 3 is 2.25 bits per heavy atom. The topological polar surface area (TPSA) is 97.8 Å². The van der Waals surface area contributed by atoms with E-state index in [0.29, 0.717) is 29.1 Å². The molecule has 0 atom stereocenters. The predicted molar refractivity (Wildman–Crippen MR) is 126 cm³/mol. The average molecular weight is 443 g/mol. The van der Waals surface area contributed by atoms with Gasteiger partial charge in [-0.15, -0.1) is 0 Å². The Morgan fingerprint density at radius 2 is 1.69 bits per heavy atom. The second-order valence-corrected chi connectivity index (χ2v) is 9.32. The fourth-order valence-corrected chi connectivity index (χ4v) is 4.74. The number of aromatic nitrogens is 1. The summed E-state index contributed by atoms with van der Waals surface area (Å²) in [4.78, 5) is 4.40. The largest absolute Gasteiger partial charge is 0.261 e. The van der Waals surface area contributed by atoms with E-state index >= 15 is 0 Å². The first-order chi connectivity index (χ1) is 15.2. The zero-order valence-electron chi connectivity index (χ0n) is 18.1. The molecule has 0 saturated carbocycles. The minimum Gasteiger partial charge on any atom is -0.261 e. The van der Waals surface area contributed by atoms with Crippen LogP contribution in [0, 0.1) is 36.5 Å². The maximum absolute atomic E-state index is 12.9. The first-order valence-corrected chi connectivity index (χ1v) is 11.7. The standard InChI is InChI=1S/C25H22N4O2S/c1-18-13-22(5-4-11-26)14-19(2)25(18)29(32(3,30)31)24-10-12-28-23(16-24)15-20-6-8-21(17-27)9-7-20/h4-10,12-14,16H,15H2,1-3H3/b5-4+. The van der Waals surface area contributed by atoms with E-state index in [0.717, 1.165) is 22.3 Å². The van der Waals surface area contributed by atoms with E-state index in [2.05, 4.69) is 11.1 Å². The molecule has 0 spiro atoms. The third-order valence-electron chi connectivity index (χ3n) is 4.90. The van der Waals surface area contributed by atoms with Crippen molar-refractivity contribution in [2.75, 3.05) is 10.6 Å². The van der Waals surface area contributed by atoms with Crippen LogP contribution in [0.3, 0.4) is 0 Å². The lowest BCUT2D eigenvalue weighted by Crippen LogP contribution is -2.26. The molecule has 0 aliphatic heterocycles. The van der Waals surface area contributed by atoms with E-state index in [1.807, 2.05) is 44.2 Å². The minimum absolute atomic E-state index is 0.498. The van der Waals surface area contributed by atoms with Gasteiger partial charge in [0, 0.05) is 24.4 Å². The third-order valence-corrected chi connectivity index (χ3v) is 5.96. The van der Waals surface area contributed by atoms with E-state index in [1.54, 1.807) is 36.5 Å². The van der Waals surface area contributed by atoms with Gasteiger partial charge in [0.2, 0.25) is 10.0 Å². The van der Waals surface area contributed by atoms with Crippen molar-refractivity contribution in [3.63, 3.8) is 0 Å². The van der Waals surface area contributed by atoms with Gasteiger partial charge in [0.1, 0.15) is 0 Å². The summed E-state index contributed by atoms with van der Waals surface area (Å²) in [7, 11) is -3.65. The van der Waals surface area contributed by atoms with Gasteiger partial charge in [0.25, 0.3) is 0 Å². The Kier molecular flexibility index (Phi) is 6.73. The lowest BCUT2D eigenvalue weighted by Gasteiger charge is -2.26. The molecule has 32 heavy (non-hydrogen) atoms. The predicted octanol–water partition coefficient (Wildman–Crippen LogP) is 4.80. The van der Waals surface area contributed by atoms with Crippen molar-refractivity contribution < 1.29 is 8.42 Å². The highest BCUT2D eigenvalue weighted by Gasteiger charge is 2.24. The zero-order valence-corrected chi connectivity index (χ0v) is 18.9. The number of nitriles is 2. The van der Waals surface area contributed by atoms with Gasteiger partial charge in [-0.25, -0.2) is 12.7 Å². The Morgan fingerprint density at radius 1 is 1.03 bits per heavy atom. The maximum atomic E-state index is 12.9. The van der Waals surface area contributed by atoms with Crippen LogP contribution >= 0.6 is 0 Å². The van der Waals surface area contributed by atoms with Crippen LogP contribution in [0.2, 0.25) is 0 Å². The summed E-state index contributed by atoms with van der Waals surface area (Å²) < 4.78 is 27.0. The number of allylic oxidation sites excluding steroid dienone is 1. The molecule has 1 aromatic heterocycles. The number of hydrogen-bond donors (Lipinski definition) is 0. The number of aryl methyl sites for hydroxylation is 2. The lowest BCUT2D eigenvalue weighted by atomic mass is 10.0. The fourth-order valence-electron chi connectivity index (χ4n) is 3.62. The summed E-state index contributed by atoms with van der Waals surface area (Å²) in [5.74, 6) is 0. The van der Waals surface area contributed by atoms with Crippen LogP contribution in [-0.4, -0.2) is 19.7 Å². The first kappa shape index (κ1) is 22.7. The van der Waals surface area contributed by atoms with Crippen molar-refractivity contribution in [3.8, 4) is 12.1 Å². The van der Waals surface area contributed by atoms with E-state index in [4.69, 9.17) is 10.5 Å². The molecule has 160 valence electrons. The Hall–Kier alpha value is -3.94. The second kappa shape index (κ2) is 9.47. The number of rotatable bonds is 6. The molecule has 6 nitrogen and oxygen atoms in total. The molecule has 0 bridgehead atoms. The summed E-state index contributed by atoms with van der Waals surface area (Å²) >= 11 is 0. The quantitative estimate of drug-likeness (QED) is 0.511. The van der Waals surface area contributed by atoms with Gasteiger partial charge in [0.15, 0.2) is 0 Å². The molecule has 1 heterocycles. The molecule has 0 fully saturated rings. The third kappa shape index (κ3) is 5.21. The van der Waals surface area contributed by atoms with Crippen molar-refractivity contribution in [3.05, 3.63) is 94.3 Å². The van der Waals surface area contributed by atoms with Crippen LogP contribution in [0.15, 0.2) is 60.8 Å². The summed E-state index contributed by atoms with van der Waals surface area (Å²) in [5.41, 5.74) is 5.73. The van der Waals surface area contributed by atoms with Gasteiger partial charge >= 0.3 is 0 Å². The smallest absolute Gasteiger partial charge is 0.236 e. The second-order valence-electron chi connectivity index (χ2n) is 7.48. The van der Waals surface area contributed by atoms with Gasteiger partial charge in [0.05, 0.1) is 35.3 Å². The number of hydrogen-bond acceptors (Lipinski definition) is 5. The van der Waals surface area contributed by atoms with Crippen molar-refractivity contribution in [2.45, 2.75) is 20.3 Å². The van der Waals surface area contributed by atoms with E-state index in [-0.39, 0.29) is 0 Å². The molecule has 0 N–H and O–H groups in total. The van der Waals surface area contributed by atoms with E-state index < -0.39 is 10.0 Å². The van der Waals surface area contributed by atoms with Crippen molar-refractivity contribution >= 4 is 27.5 Å². The molecule has 2 aromatic carbocycles. The first-order valence-electron chi connectivity index (χ1n) is 9.84. The summed E-state index contributed by atoms with van der Waals surface area (Å²) in [6.45, 7) is 3.70. The van der Waals surface area contributed by atoms with Gasteiger partial charge in [-0.1, -0.05) is 12.1 Å². The molecule has 0 saturated heterocycles. The zero-order chi connectivity index (χ0) is 23.3. The van der Waals surface area contributed by atoms with E-state index in [1.165, 1.54) is 16.6 Å². The molecule has 0 radical (unpaired) electrons. The Balaban J connectivity index is 2.05. The number of pyridine rings is 1. The summed E-state index contributed by atoms with van der Waals surface area (Å²) in [6.07, 6.45) is 6.36. The van der Waals surface area contributed by atoms with Gasteiger partial charge < -0.3 is 0 Å². The highest BCUT2D eigenvalue weighted by atomic mass is 32.2. The molecule has 3 aromatic rings. The Bertz CT molecular complexity index is 1340.